The molecule has 0 aliphatic carbocycles. The van der Waals surface area contributed by atoms with Crippen LogP contribution in [0.1, 0.15) is 16.8 Å². The Hall–Kier alpha value is -4.52. The molecule has 0 spiro atoms. The largest absolute Gasteiger partial charge is 0.488 e. The highest BCUT2D eigenvalue weighted by Gasteiger charge is 2.07. The average molecular weight is 553 g/mol. The molecule has 0 fully saturated rings. The number of ether oxygens (including phenoxy) is 1. The standard InChI is InChI=1S/C31H22Cl2N4O2/c32-24-13-17-27-29(19-24)35-21-36-31(27)39-37-26(16-15-25-9-5-6-18-34-25)14-12-22-7-2-4-11-30(22)38-20-23-8-1-3-10-28(23)33/h1-19,21H,20H2/b14-12+,16-15+,37-26-. The minimum Gasteiger partial charge on any atom is -0.488 e. The van der Waals surface area contributed by atoms with E-state index in [1.165, 1.54) is 6.33 Å². The van der Waals surface area contributed by atoms with Gasteiger partial charge in [-0.25, -0.2) is 4.98 Å². The third-order valence-electron chi connectivity index (χ3n) is 5.61. The first-order valence-electron chi connectivity index (χ1n) is 12.0. The van der Waals surface area contributed by atoms with Crippen LogP contribution in [0.4, 0.5) is 0 Å². The molecule has 2 aromatic heterocycles. The summed E-state index contributed by atoms with van der Waals surface area (Å²) < 4.78 is 6.09. The fourth-order valence-corrected chi connectivity index (χ4v) is 3.99. The van der Waals surface area contributed by atoms with Crippen molar-refractivity contribution in [2.75, 3.05) is 0 Å². The van der Waals surface area contributed by atoms with Crippen LogP contribution < -0.4 is 9.57 Å². The van der Waals surface area contributed by atoms with Gasteiger partial charge in [-0.1, -0.05) is 70.8 Å². The summed E-state index contributed by atoms with van der Waals surface area (Å²) in [5.74, 6) is 1.03. The number of benzene rings is 3. The van der Waals surface area contributed by atoms with Crippen molar-refractivity contribution in [2.24, 2.45) is 5.16 Å². The Morgan fingerprint density at radius 1 is 0.821 bits per heavy atom. The quantitative estimate of drug-likeness (QED) is 0.136. The molecule has 0 radical (unpaired) electrons. The van der Waals surface area contributed by atoms with Crippen LogP contribution in [0, 0.1) is 0 Å². The predicted octanol–water partition coefficient (Wildman–Crippen LogP) is 8.07. The minimum atomic E-state index is 0.317. The van der Waals surface area contributed by atoms with Gasteiger partial charge in [-0.3, -0.25) is 4.98 Å². The lowest BCUT2D eigenvalue weighted by atomic mass is 10.1. The molecule has 2 heterocycles. The third-order valence-corrected chi connectivity index (χ3v) is 6.21. The molecule has 0 atom stereocenters. The smallest absolute Gasteiger partial charge is 0.259 e. The second-order valence-electron chi connectivity index (χ2n) is 8.29. The molecule has 0 N–H and O–H groups in total. The number of hydrogen-bond donors (Lipinski definition) is 0. The first-order chi connectivity index (χ1) is 19.2. The molecule has 0 amide bonds. The molecule has 0 bridgehead atoms. The van der Waals surface area contributed by atoms with Crippen molar-refractivity contribution in [1.29, 1.82) is 0 Å². The van der Waals surface area contributed by atoms with Gasteiger partial charge >= 0.3 is 0 Å². The molecule has 0 aliphatic heterocycles. The maximum absolute atomic E-state index is 6.30. The van der Waals surface area contributed by atoms with Crippen LogP contribution in [0.2, 0.25) is 10.0 Å². The number of nitrogens with zero attached hydrogens (tertiary/aromatic N) is 4. The van der Waals surface area contributed by atoms with E-state index in [1.54, 1.807) is 24.4 Å². The van der Waals surface area contributed by atoms with Gasteiger partial charge in [-0.2, -0.15) is 4.98 Å². The van der Waals surface area contributed by atoms with Crippen LogP contribution in [-0.4, -0.2) is 20.7 Å². The minimum absolute atomic E-state index is 0.317. The number of pyridine rings is 1. The first kappa shape index (κ1) is 26.1. The zero-order valence-corrected chi connectivity index (χ0v) is 22.1. The molecular formula is C31H22Cl2N4O2. The monoisotopic (exact) mass is 552 g/mol. The summed E-state index contributed by atoms with van der Waals surface area (Å²) in [4.78, 5) is 18.6. The van der Waals surface area contributed by atoms with E-state index < -0.39 is 0 Å². The Balaban J connectivity index is 1.42. The Morgan fingerprint density at radius 2 is 1.64 bits per heavy atom. The van der Waals surface area contributed by atoms with Crippen LogP contribution in [0.5, 0.6) is 11.6 Å². The molecule has 8 heteroatoms. The van der Waals surface area contributed by atoms with Crippen molar-refractivity contribution in [3.05, 3.63) is 136 Å². The van der Waals surface area contributed by atoms with Crippen molar-refractivity contribution in [3.8, 4) is 11.6 Å². The van der Waals surface area contributed by atoms with Gasteiger partial charge in [-0.15, -0.1) is 0 Å². The summed E-state index contributed by atoms with van der Waals surface area (Å²) in [7, 11) is 0. The lowest BCUT2D eigenvalue weighted by Crippen LogP contribution is -1.98. The lowest BCUT2D eigenvalue weighted by molar-refractivity contribution is 0.305. The van der Waals surface area contributed by atoms with E-state index in [0.29, 0.717) is 44.9 Å². The number of rotatable bonds is 9. The van der Waals surface area contributed by atoms with Crippen molar-refractivity contribution in [2.45, 2.75) is 6.61 Å². The van der Waals surface area contributed by atoms with Crippen molar-refractivity contribution in [1.82, 2.24) is 15.0 Å². The number of halogens is 2. The van der Waals surface area contributed by atoms with Gasteiger partial charge in [0.2, 0.25) is 0 Å². The fourth-order valence-electron chi connectivity index (χ4n) is 3.63. The molecular weight excluding hydrogens is 531 g/mol. The van der Waals surface area contributed by atoms with Crippen molar-refractivity contribution >= 4 is 52.0 Å². The molecule has 0 saturated heterocycles. The second kappa shape index (κ2) is 12.8. The third kappa shape index (κ3) is 7.08. The van der Waals surface area contributed by atoms with Gasteiger partial charge in [-0.05, 0) is 66.8 Å². The number of aromatic nitrogens is 3. The zero-order valence-electron chi connectivity index (χ0n) is 20.6. The highest BCUT2D eigenvalue weighted by molar-refractivity contribution is 6.31. The highest BCUT2D eigenvalue weighted by atomic mass is 35.5. The lowest BCUT2D eigenvalue weighted by Gasteiger charge is -2.10. The molecule has 39 heavy (non-hydrogen) atoms. The van der Waals surface area contributed by atoms with Crippen LogP contribution >= 0.6 is 23.2 Å². The van der Waals surface area contributed by atoms with E-state index >= 15 is 0 Å². The maximum atomic E-state index is 6.30. The summed E-state index contributed by atoms with van der Waals surface area (Å²) in [6.45, 7) is 0.346. The number of oxime groups is 1. The van der Waals surface area contributed by atoms with E-state index in [4.69, 9.17) is 32.8 Å². The Morgan fingerprint density at radius 3 is 2.51 bits per heavy atom. The highest BCUT2D eigenvalue weighted by Crippen LogP contribution is 2.25. The van der Waals surface area contributed by atoms with E-state index in [1.807, 2.05) is 91.0 Å². The van der Waals surface area contributed by atoms with E-state index in [0.717, 1.165) is 16.8 Å². The number of fused-ring (bicyclic) bond motifs is 1. The maximum Gasteiger partial charge on any atom is 0.259 e. The molecule has 6 nitrogen and oxygen atoms in total. The van der Waals surface area contributed by atoms with Gasteiger partial charge < -0.3 is 9.57 Å². The molecule has 3 aromatic carbocycles. The van der Waals surface area contributed by atoms with E-state index in [2.05, 4.69) is 20.1 Å². The normalized spacial score (nSPS) is 11.9. The molecule has 192 valence electrons. The Labute approximate surface area is 235 Å². The van der Waals surface area contributed by atoms with Gasteiger partial charge in [0.25, 0.3) is 5.88 Å². The zero-order chi connectivity index (χ0) is 26.9. The van der Waals surface area contributed by atoms with Gasteiger partial charge in [0.05, 0.1) is 16.6 Å². The van der Waals surface area contributed by atoms with E-state index in [-0.39, 0.29) is 0 Å². The van der Waals surface area contributed by atoms with Gasteiger partial charge in [0.1, 0.15) is 24.4 Å². The topological polar surface area (TPSA) is 69.5 Å². The summed E-state index contributed by atoms with van der Waals surface area (Å²) >= 11 is 12.4. The Bertz CT molecular complexity index is 1670. The molecule has 5 aromatic rings. The Kier molecular flexibility index (Phi) is 8.58. The van der Waals surface area contributed by atoms with Crippen molar-refractivity contribution < 1.29 is 9.57 Å². The predicted molar refractivity (Wildman–Crippen MR) is 157 cm³/mol. The van der Waals surface area contributed by atoms with Crippen LogP contribution in [-0.2, 0) is 6.61 Å². The molecule has 0 unspecified atom stereocenters. The summed E-state index contributed by atoms with van der Waals surface area (Å²) in [5.41, 5.74) is 3.75. The molecule has 0 aliphatic rings. The fraction of sp³-hybridized carbons (Fsp3) is 0.0323. The first-order valence-corrected chi connectivity index (χ1v) is 12.8. The van der Waals surface area contributed by atoms with Gasteiger partial charge in [0.15, 0.2) is 0 Å². The average Bonchev–Trinajstić information content (AvgIpc) is 2.97. The van der Waals surface area contributed by atoms with Crippen LogP contribution in [0.15, 0.2) is 115 Å². The number of hydrogen-bond acceptors (Lipinski definition) is 6. The summed E-state index contributed by atoms with van der Waals surface area (Å²) in [5, 5.41) is 6.30. The molecule has 5 rings (SSSR count). The number of allylic oxidation sites excluding steroid dienone is 2. The van der Waals surface area contributed by atoms with E-state index in [9.17, 15) is 0 Å². The van der Waals surface area contributed by atoms with Gasteiger partial charge in [0, 0.05) is 27.4 Å². The second-order valence-corrected chi connectivity index (χ2v) is 9.13. The summed E-state index contributed by atoms with van der Waals surface area (Å²) in [6.07, 6.45) is 10.5. The van der Waals surface area contributed by atoms with Crippen molar-refractivity contribution in [3.63, 3.8) is 0 Å². The molecule has 0 saturated carbocycles. The SMILES string of the molecule is Clc1ccc2c(O/N=C(\C=C\c3ccccn3)/C=C/c3ccccc3OCc3ccccc3Cl)ncnc2c1. The number of para-hydroxylation sites is 1. The summed E-state index contributed by atoms with van der Waals surface area (Å²) in [6, 6.07) is 26.3. The van der Waals surface area contributed by atoms with Crippen LogP contribution in [0.25, 0.3) is 23.1 Å². The van der Waals surface area contributed by atoms with Crippen LogP contribution in [0.3, 0.4) is 0 Å².